The maximum atomic E-state index is 12.9. The molecule has 9 nitrogen and oxygen atoms in total. The summed E-state index contributed by atoms with van der Waals surface area (Å²) in [5.41, 5.74) is 3.31. The Labute approximate surface area is 202 Å². The summed E-state index contributed by atoms with van der Waals surface area (Å²) >= 11 is 0. The summed E-state index contributed by atoms with van der Waals surface area (Å²) in [6, 6.07) is 15.2. The van der Waals surface area contributed by atoms with E-state index in [0.717, 1.165) is 22.3 Å². The average molecular weight is 472 g/mol. The summed E-state index contributed by atoms with van der Waals surface area (Å²) < 4.78 is 12.7. The highest BCUT2D eigenvalue weighted by atomic mass is 16.5. The van der Waals surface area contributed by atoms with E-state index in [-0.39, 0.29) is 25.5 Å². The molecule has 0 radical (unpaired) electrons. The number of aromatic nitrogens is 4. The molecule has 0 saturated heterocycles. The van der Waals surface area contributed by atoms with Gasteiger partial charge in [-0.2, -0.15) is 5.10 Å². The van der Waals surface area contributed by atoms with Crippen LogP contribution in [0.5, 0.6) is 5.75 Å². The van der Waals surface area contributed by atoms with Crippen LogP contribution >= 0.6 is 0 Å². The Hall–Kier alpha value is -4.53. The Kier molecular flexibility index (Phi) is 7.47. The molecule has 0 aliphatic rings. The smallest absolute Gasteiger partial charge is 0.325 e. The molecule has 4 aromatic rings. The molecular formula is C26H25N5O4. The number of amides is 1. The summed E-state index contributed by atoms with van der Waals surface area (Å²) in [5.74, 6) is -0.0407. The number of esters is 1. The van der Waals surface area contributed by atoms with E-state index in [0.29, 0.717) is 11.6 Å². The average Bonchev–Trinajstić information content (AvgIpc) is 3.38. The van der Waals surface area contributed by atoms with Gasteiger partial charge in [-0.3, -0.25) is 9.59 Å². The zero-order chi connectivity index (χ0) is 24.6. The van der Waals surface area contributed by atoms with Crippen molar-refractivity contribution in [3.8, 4) is 22.7 Å². The van der Waals surface area contributed by atoms with Crippen molar-refractivity contribution in [2.75, 3.05) is 13.2 Å². The number of benzene rings is 1. The van der Waals surface area contributed by atoms with Crippen LogP contribution in [0.2, 0.25) is 0 Å². The van der Waals surface area contributed by atoms with E-state index in [9.17, 15) is 9.59 Å². The van der Waals surface area contributed by atoms with E-state index in [1.54, 1.807) is 30.2 Å². The number of hydrogen-bond acceptors (Lipinski definition) is 7. The predicted molar refractivity (Wildman–Crippen MR) is 129 cm³/mol. The largest absolute Gasteiger partial charge is 0.486 e. The third-order valence-corrected chi connectivity index (χ3v) is 5.20. The zero-order valence-electron chi connectivity index (χ0n) is 19.5. The molecule has 0 aliphatic heterocycles. The molecule has 1 amide bonds. The van der Waals surface area contributed by atoms with Gasteiger partial charge in [0.1, 0.15) is 13.2 Å². The third-order valence-electron chi connectivity index (χ3n) is 5.20. The van der Waals surface area contributed by atoms with Crippen LogP contribution in [0.4, 0.5) is 0 Å². The highest BCUT2D eigenvalue weighted by molar-refractivity contribution is 5.97. The van der Waals surface area contributed by atoms with Gasteiger partial charge in [0.2, 0.25) is 0 Å². The summed E-state index contributed by atoms with van der Waals surface area (Å²) in [6.07, 6.45) is 6.85. The van der Waals surface area contributed by atoms with Crippen LogP contribution in [0.1, 0.15) is 28.5 Å². The lowest BCUT2D eigenvalue weighted by molar-refractivity contribution is -0.141. The standard InChI is InChI=1S/C26H25N5O4/c1-3-34-23(32)15-29-26(33)24-25(35-17-19-9-5-4-6-10-19)18(2)21(14-28-24)20-13-30-31(16-20)22-11-7-8-12-27-22/h4-14,16H,3,15,17H2,1-2H3,(H,29,33). The van der Waals surface area contributed by atoms with Crippen LogP contribution < -0.4 is 10.1 Å². The predicted octanol–water partition coefficient (Wildman–Crippen LogP) is 3.51. The minimum absolute atomic E-state index is 0.0867. The topological polar surface area (TPSA) is 108 Å². The number of hydrogen-bond donors (Lipinski definition) is 1. The summed E-state index contributed by atoms with van der Waals surface area (Å²) in [5, 5.41) is 6.96. The highest BCUT2D eigenvalue weighted by Gasteiger charge is 2.21. The molecule has 0 atom stereocenters. The first kappa shape index (κ1) is 23.6. The second kappa shape index (κ2) is 11.1. The molecule has 35 heavy (non-hydrogen) atoms. The molecule has 1 N–H and O–H groups in total. The van der Waals surface area contributed by atoms with Gasteiger partial charge < -0.3 is 14.8 Å². The molecule has 0 aliphatic carbocycles. The van der Waals surface area contributed by atoms with E-state index in [1.807, 2.05) is 61.7 Å². The number of nitrogens with one attached hydrogen (secondary N) is 1. The Bertz CT molecular complexity index is 1310. The first-order valence-electron chi connectivity index (χ1n) is 11.1. The van der Waals surface area contributed by atoms with Crippen LogP contribution in [0.25, 0.3) is 16.9 Å². The van der Waals surface area contributed by atoms with E-state index in [2.05, 4.69) is 20.4 Å². The first-order chi connectivity index (χ1) is 17.1. The van der Waals surface area contributed by atoms with E-state index in [4.69, 9.17) is 9.47 Å². The van der Waals surface area contributed by atoms with E-state index in [1.165, 1.54) is 0 Å². The van der Waals surface area contributed by atoms with Crippen molar-refractivity contribution in [1.29, 1.82) is 0 Å². The van der Waals surface area contributed by atoms with Crippen LogP contribution in [-0.4, -0.2) is 44.8 Å². The fraction of sp³-hybridized carbons (Fsp3) is 0.192. The number of carbonyl (C=O) groups excluding carboxylic acids is 2. The van der Waals surface area contributed by atoms with Crippen molar-refractivity contribution in [3.05, 3.63) is 90.1 Å². The monoisotopic (exact) mass is 471 g/mol. The van der Waals surface area contributed by atoms with E-state index < -0.39 is 11.9 Å². The van der Waals surface area contributed by atoms with Gasteiger partial charge in [0, 0.05) is 35.3 Å². The van der Waals surface area contributed by atoms with Crippen LogP contribution in [0.3, 0.4) is 0 Å². The molecule has 0 saturated carbocycles. The SMILES string of the molecule is CCOC(=O)CNC(=O)c1ncc(-c2cnn(-c3ccccn3)c2)c(C)c1OCc1ccccc1. The Balaban J connectivity index is 1.65. The fourth-order valence-corrected chi connectivity index (χ4v) is 3.47. The normalized spacial score (nSPS) is 10.6. The Morgan fingerprint density at radius 3 is 2.57 bits per heavy atom. The molecular weight excluding hydrogens is 446 g/mol. The van der Waals surface area contributed by atoms with Crippen LogP contribution in [0, 0.1) is 6.92 Å². The lowest BCUT2D eigenvalue weighted by Gasteiger charge is -2.16. The second-order valence-corrected chi connectivity index (χ2v) is 7.60. The number of rotatable bonds is 9. The van der Waals surface area contributed by atoms with Gasteiger partial charge >= 0.3 is 5.97 Å². The van der Waals surface area contributed by atoms with Crippen LogP contribution in [-0.2, 0) is 16.1 Å². The molecule has 3 heterocycles. The summed E-state index contributed by atoms with van der Waals surface area (Å²) in [7, 11) is 0. The van der Waals surface area contributed by atoms with Gasteiger partial charge in [0.15, 0.2) is 17.3 Å². The molecule has 178 valence electrons. The first-order valence-corrected chi connectivity index (χ1v) is 11.1. The number of pyridine rings is 2. The molecule has 0 fully saturated rings. The number of nitrogens with zero attached hydrogens (tertiary/aromatic N) is 4. The number of ether oxygens (including phenoxy) is 2. The van der Waals surface area contributed by atoms with Crippen molar-refractivity contribution in [1.82, 2.24) is 25.1 Å². The molecule has 0 spiro atoms. The molecule has 9 heteroatoms. The lowest BCUT2D eigenvalue weighted by atomic mass is 10.0. The van der Waals surface area contributed by atoms with Gasteiger partial charge in [-0.25, -0.2) is 14.6 Å². The molecule has 0 unspecified atom stereocenters. The van der Waals surface area contributed by atoms with E-state index >= 15 is 0 Å². The molecule has 0 bridgehead atoms. The van der Waals surface area contributed by atoms with Crippen molar-refractivity contribution >= 4 is 11.9 Å². The van der Waals surface area contributed by atoms with Crippen molar-refractivity contribution in [2.45, 2.75) is 20.5 Å². The van der Waals surface area contributed by atoms with Crippen molar-refractivity contribution in [3.63, 3.8) is 0 Å². The van der Waals surface area contributed by atoms with Crippen molar-refractivity contribution < 1.29 is 19.1 Å². The van der Waals surface area contributed by atoms with Crippen LogP contribution in [0.15, 0.2) is 73.3 Å². The molecule has 1 aromatic carbocycles. The Morgan fingerprint density at radius 1 is 1.03 bits per heavy atom. The molecule has 3 aromatic heterocycles. The van der Waals surface area contributed by atoms with Gasteiger partial charge in [0.25, 0.3) is 5.91 Å². The summed E-state index contributed by atoms with van der Waals surface area (Å²) in [6.45, 7) is 3.78. The maximum Gasteiger partial charge on any atom is 0.325 e. The zero-order valence-corrected chi connectivity index (χ0v) is 19.5. The second-order valence-electron chi connectivity index (χ2n) is 7.60. The third kappa shape index (κ3) is 5.70. The Morgan fingerprint density at radius 2 is 1.83 bits per heavy atom. The van der Waals surface area contributed by atoms with Gasteiger partial charge in [-0.15, -0.1) is 0 Å². The maximum absolute atomic E-state index is 12.9. The highest BCUT2D eigenvalue weighted by Crippen LogP contribution is 2.32. The minimum atomic E-state index is -0.528. The minimum Gasteiger partial charge on any atom is -0.486 e. The van der Waals surface area contributed by atoms with Crippen molar-refractivity contribution in [2.24, 2.45) is 0 Å². The lowest BCUT2D eigenvalue weighted by Crippen LogP contribution is -2.31. The number of carbonyl (C=O) groups is 2. The fourth-order valence-electron chi connectivity index (χ4n) is 3.47. The molecule has 4 rings (SSSR count). The summed E-state index contributed by atoms with van der Waals surface area (Å²) in [4.78, 5) is 33.3. The van der Waals surface area contributed by atoms with Gasteiger partial charge in [0.05, 0.1) is 12.8 Å². The van der Waals surface area contributed by atoms with Gasteiger partial charge in [-0.05, 0) is 31.5 Å². The quantitative estimate of drug-likeness (QED) is 0.372. The van der Waals surface area contributed by atoms with Gasteiger partial charge in [-0.1, -0.05) is 36.4 Å².